The number of hydrazine groups is 1. The van der Waals surface area contributed by atoms with Crippen molar-refractivity contribution in [2.75, 3.05) is 0 Å². The van der Waals surface area contributed by atoms with Crippen LogP contribution in [0.5, 0.6) is 11.5 Å². The van der Waals surface area contributed by atoms with Crippen molar-refractivity contribution in [2.24, 2.45) is 0 Å². The number of carbonyl (C=O) groups excluding carboxylic acids is 2. The van der Waals surface area contributed by atoms with Gasteiger partial charge in [-0.15, -0.1) is 0 Å². The topological polar surface area (TPSA) is 76.7 Å². The first-order chi connectivity index (χ1) is 12.0. The maximum Gasteiger partial charge on any atom is 0.279 e. The van der Waals surface area contributed by atoms with Crippen LogP contribution in [0.1, 0.15) is 12.5 Å². The summed E-state index contributed by atoms with van der Waals surface area (Å²) in [5.74, 6) is 0.390. The molecule has 2 atom stereocenters. The molecular weight excluding hydrogens is 388 g/mol. The van der Waals surface area contributed by atoms with E-state index in [1.54, 1.807) is 25.1 Å². The molecule has 3 rings (SSSR count). The van der Waals surface area contributed by atoms with Crippen LogP contribution < -0.4 is 20.3 Å². The van der Waals surface area contributed by atoms with E-state index >= 15 is 0 Å². The average Bonchev–Trinajstić information content (AvgIpc) is 3.03. The number of para-hydroxylation sites is 1. The molecule has 0 spiro atoms. The molecule has 0 bridgehead atoms. The first-order valence-corrected chi connectivity index (χ1v) is 8.59. The third-order valence-electron chi connectivity index (χ3n) is 3.73. The van der Waals surface area contributed by atoms with E-state index in [0.717, 1.165) is 10.0 Å². The lowest BCUT2D eigenvalue weighted by Crippen LogP contribution is -2.51. The number of ether oxygens (including phenoxy) is 2. The number of fused-ring (bicyclic) bond motifs is 1. The van der Waals surface area contributed by atoms with Crippen LogP contribution in [0.15, 0.2) is 53.0 Å². The van der Waals surface area contributed by atoms with Crippen molar-refractivity contribution >= 4 is 27.7 Å². The molecule has 0 aromatic heterocycles. The van der Waals surface area contributed by atoms with Gasteiger partial charge in [-0.05, 0) is 36.8 Å². The fourth-order valence-electron chi connectivity index (χ4n) is 2.43. The van der Waals surface area contributed by atoms with Crippen LogP contribution in [-0.2, 0) is 16.0 Å². The van der Waals surface area contributed by atoms with Crippen LogP contribution in [0, 0.1) is 0 Å². The minimum atomic E-state index is -0.767. The highest BCUT2D eigenvalue weighted by molar-refractivity contribution is 9.10. The van der Waals surface area contributed by atoms with Crippen molar-refractivity contribution in [3.63, 3.8) is 0 Å². The molecule has 130 valence electrons. The Hall–Kier alpha value is -2.54. The van der Waals surface area contributed by atoms with Gasteiger partial charge in [0.1, 0.15) is 11.5 Å². The molecule has 2 N–H and O–H groups in total. The van der Waals surface area contributed by atoms with Crippen LogP contribution in [0.25, 0.3) is 0 Å². The first kappa shape index (κ1) is 17.3. The highest BCUT2D eigenvalue weighted by atomic mass is 79.9. The van der Waals surface area contributed by atoms with Gasteiger partial charge in [0, 0.05) is 10.9 Å². The normalized spacial score (nSPS) is 16.3. The van der Waals surface area contributed by atoms with Gasteiger partial charge in [-0.1, -0.05) is 40.2 Å². The number of carbonyl (C=O) groups is 2. The zero-order valence-corrected chi connectivity index (χ0v) is 15.1. The van der Waals surface area contributed by atoms with E-state index in [0.29, 0.717) is 17.9 Å². The van der Waals surface area contributed by atoms with Gasteiger partial charge < -0.3 is 9.47 Å². The maximum absolute atomic E-state index is 12.1. The quantitative estimate of drug-likeness (QED) is 0.766. The number of rotatable bonds is 4. The van der Waals surface area contributed by atoms with Crippen LogP contribution in [0.4, 0.5) is 0 Å². The van der Waals surface area contributed by atoms with Crippen LogP contribution in [0.2, 0.25) is 0 Å². The highest BCUT2D eigenvalue weighted by Crippen LogP contribution is 2.28. The van der Waals surface area contributed by atoms with Gasteiger partial charge >= 0.3 is 0 Å². The molecule has 0 radical (unpaired) electrons. The minimum Gasteiger partial charge on any atom is -0.481 e. The summed E-state index contributed by atoms with van der Waals surface area (Å²) in [4.78, 5) is 24.2. The number of hydrogen-bond donors (Lipinski definition) is 2. The molecule has 7 heteroatoms. The number of benzene rings is 2. The van der Waals surface area contributed by atoms with Crippen molar-refractivity contribution in [1.82, 2.24) is 10.9 Å². The summed E-state index contributed by atoms with van der Waals surface area (Å²) in [7, 11) is 0. The zero-order valence-electron chi connectivity index (χ0n) is 13.5. The van der Waals surface area contributed by atoms with Crippen LogP contribution in [-0.4, -0.2) is 24.0 Å². The summed E-state index contributed by atoms with van der Waals surface area (Å²) in [5, 5.41) is 0. The average molecular weight is 405 g/mol. The molecule has 1 aliphatic heterocycles. The molecule has 1 heterocycles. The van der Waals surface area contributed by atoms with Gasteiger partial charge in [0.15, 0.2) is 12.2 Å². The fraction of sp³-hybridized carbons (Fsp3) is 0.222. The lowest BCUT2D eigenvalue weighted by atomic mass is 10.1. The smallest absolute Gasteiger partial charge is 0.279 e. The van der Waals surface area contributed by atoms with Crippen LogP contribution in [0.3, 0.4) is 0 Å². The van der Waals surface area contributed by atoms with Gasteiger partial charge in [0.25, 0.3) is 11.8 Å². The summed E-state index contributed by atoms with van der Waals surface area (Å²) >= 11 is 3.34. The molecular formula is C18H17BrN2O4. The molecule has 0 fully saturated rings. The molecule has 6 nitrogen and oxygen atoms in total. The Morgan fingerprint density at radius 1 is 1.20 bits per heavy atom. The molecule has 2 aromatic rings. The molecule has 0 saturated heterocycles. The monoisotopic (exact) mass is 404 g/mol. The van der Waals surface area contributed by atoms with Crippen molar-refractivity contribution in [2.45, 2.75) is 25.6 Å². The predicted octanol–water partition coefficient (Wildman–Crippen LogP) is 2.37. The maximum atomic E-state index is 12.1. The van der Waals surface area contributed by atoms with Crippen LogP contribution >= 0.6 is 15.9 Å². The second-order valence-corrected chi connectivity index (χ2v) is 6.53. The van der Waals surface area contributed by atoms with E-state index in [-0.39, 0.29) is 0 Å². The molecule has 0 aliphatic carbocycles. The minimum absolute atomic E-state index is 0.404. The van der Waals surface area contributed by atoms with E-state index in [2.05, 4.69) is 26.8 Å². The summed E-state index contributed by atoms with van der Waals surface area (Å²) in [5.41, 5.74) is 5.72. The van der Waals surface area contributed by atoms with Crippen molar-refractivity contribution in [3.05, 3.63) is 58.6 Å². The number of amides is 2. The second-order valence-electron chi connectivity index (χ2n) is 5.61. The summed E-state index contributed by atoms with van der Waals surface area (Å²) in [6, 6.07) is 14.6. The van der Waals surface area contributed by atoms with Crippen molar-refractivity contribution < 1.29 is 19.1 Å². The van der Waals surface area contributed by atoms with E-state index in [4.69, 9.17) is 9.47 Å². The third-order valence-corrected chi connectivity index (χ3v) is 4.22. The zero-order chi connectivity index (χ0) is 17.8. The van der Waals surface area contributed by atoms with Gasteiger partial charge in [-0.25, -0.2) is 0 Å². The van der Waals surface area contributed by atoms with E-state index in [9.17, 15) is 9.59 Å². The summed E-state index contributed by atoms with van der Waals surface area (Å²) in [6.45, 7) is 1.60. The number of nitrogens with one attached hydrogen (secondary N) is 2. The Kier molecular flexibility index (Phi) is 5.23. The molecule has 0 saturated carbocycles. The van der Waals surface area contributed by atoms with Gasteiger partial charge in [-0.2, -0.15) is 0 Å². The van der Waals surface area contributed by atoms with E-state index < -0.39 is 24.0 Å². The standard InChI is InChI=1S/C18H17BrN2O4/c1-11(24-14-7-4-6-13(19)10-14)17(22)20-21-18(23)16-9-12-5-2-3-8-15(12)25-16/h2-8,10-11,16H,9H2,1H3,(H,20,22)(H,21,23)/t11-,16+/m0/s1. The molecule has 1 aliphatic rings. The number of hydrogen-bond acceptors (Lipinski definition) is 4. The molecule has 2 amide bonds. The van der Waals surface area contributed by atoms with Gasteiger partial charge in [0.2, 0.25) is 0 Å². The SMILES string of the molecule is C[C@H](Oc1cccc(Br)c1)C(=O)NNC(=O)[C@H]1Cc2ccccc2O1. The summed E-state index contributed by atoms with van der Waals surface area (Å²) < 4.78 is 12.0. The lowest BCUT2D eigenvalue weighted by Gasteiger charge is -2.16. The predicted molar refractivity (Wildman–Crippen MR) is 95.1 cm³/mol. The lowest BCUT2D eigenvalue weighted by molar-refractivity contribution is -0.135. The molecule has 2 aromatic carbocycles. The Morgan fingerprint density at radius 3 is 2.76 bits per heavy atom. The largest absolute Gasteiger partial charge is 0.481 e. The fourth-order valence-corrected chi connectivity index (χ4v) is 2.81. The van der Waals surface area contributed by atoms with Gasteiger partial charge in [0.05, 0.1) is 0 Å². The highest BCUT2D eigenvalue weighted by Gasteiger charge is 2.29. The van der Waals surface area contributed by atoms with Crippen molar-refractivity contribution in [3.8, 4) is 11.5 Å². The molecule has 25 heavy (non-hydrogen) atoms. The Labute approximate surface area is 153 Å². The Balaban J connectivity index is 1.48. The van der Waals surface area contributed by atoms with E-state index in [1.165, 1.54) is 0 Å². The Bertz CT molecular complexity index is 771. The van der Waals surface area contributed by atoms with Crippen molar-refractivity contribution in [1.29, 1.82) is 0 Å². The van der Waals surface area contributed by atoms with Gasteiger partial charge in [-0.3, -0.25) is 20.4 Å². The van der Waals surface area contributed by atoms with E-state index in [1.807, 2.05) is 30.3 Å². The summed E-state index contributed by atoms with van der Waals surface area (Å²) in [6.07, 6.45) is -0.947. The molecule has 0 unspecified atom stereocenters. The number of halogens is 1. The second kappa shape index (κ2) is 7.57. The first-order valence-electron chi connectivity index (χ1n) is 7.79. The third kappa shape index (κ3) is 4.30. The Morgan fingerprint density at radius 2 is 2.00 bits per heavy atom.